The third-order valence-corrected chi connectivity index (χ3v) is 4.46. The maximum Gasteiger partial charge on any atom is 0.416 e. The summed E-state index contributed by atoms with van der Waals surface area (Å²) in [4.78, 5) is 12.3. The van der Waals surface area contributed by atoms with Gasteiger partial charge in [0, 0.05) is 11.6 Å². The number of anilines is 1. The molecule has 3 rings (SSSR count). The fourth-order valence-corrected chi connectivity index (χ4v) is 2.91. The topological polar surface area (TPSA) is 52.9 Å². The number of hydrogen-bond donors (Lipinski definition) is 1. The Morgan fingerprint density at radius 3 is 2.44 bits per heavy atom. The van der Waals surface area contributed by atoms with E-state index >= 15 is 0 Å². The van der Waals surface area contributed by atoms with E-state index in [1.807, 2.05) is 6.07 Å². The molecule has 3 nitrogen and oxygen atoms in total. The number of benzene rings is 2. The molecule has 1 aliphatic carbocycles. The molecule has 2 aromatic rings. The number of rotatable bonds is 3. The van der Waals surface area contributed by atoms with E-state index in [1.165, 1.54) is 24.3 Å². The summed E-state index contributed by atoms with van der Waals surface area (Å²) in [6, 6.07) is 11.4. The highest BCUT2D eigenvalue weighted by Crippen LogP contribution is 2.48. The number of hydrogen-bond acceptors (Lipinski definition) is 2. The van der Waals surface area contributed by atoms with Crippen LogP contribution in [0.1, 0.15) is 29.0 Å². The molecule has 2 aromatic carbocycles. The first-order chi connectivity index (χ1) is 11.8. The summed E-state index contributed by atoms with van der Waals surface area (Å²) in [5, 5.41) is 11.8. The summed E-state index contributed by atoms with van der Waals surface area (Å²) in [5.74, 6) is -0.590. The Balaban J connectivity index is 1.64. The average Bonchev–Trinajstić information content (AvgIpc) is 3.35. The van der Waals surface area contributed by atoms with Crippen molar-refractivity contribution in [1.82, 2.24) is 0 Å². The van der Waals surface area contributed by atoms with E-state index in [2.05, 4.69) is 5.32 Å². The fraction of sp³-hybridized carbons (Fsp3) is 0.222. The molecule has 128 valence electrons. The van der Waals surface area contributed by atoms with E-state index in [0.717, 1.165) is 12.1 Å². The molecule has 1 amide bonds. The minimum absolute atomic E-state index is 0.0869. The summed E-state index contributed by atoms with van der Waals surface area (Å²) < 4.78 is 37.7. The Kier molecular flexibility index (Phi) is 4.44. The normalized spacial score (nSPS) is 19.2. The lowest BCUT2D eigenvalue weighted by Crippen LogP contribution is -2.14. The van der Waals surface area contributed by atoms with Crippen molar-refractivity contribution in [2.45, 2.75) is 18.5 Å². The fourth-order valence-electron chi connectivity index (χ4n) is 2.69. The lowest BCUT2D eigenvalue weighted by atomic mass is 10.1. The van der Waals surface area contributed by atoms with Crippen LogP contribution in [0.4, 0.5) is 18.9 Å². The van der Waals surface area contributed by atoms with Gasteiger partial charge in [-0.05, 0) is 48.2 Å². The highest BCUT2D eigenvalue weighted by atomic mass is 35.5. The van der Waals surface area contributed by atoms with Crippen LogP contribution in [-0.4, -0.2) is 5.91 Å². The summed E-state index contributed by atoms with van der Waals surface area (Å²) in [7, 11) is 0. The zero-order valence-corrected chi connectivity index (χ0v) is 13.5. The first-order valence-electron chi connectivity index (χ1n) is 7.47. The van der Waals surface area contributed by atoms with Crippen molar-refractivity contribution in [3.05, 3.63) is 64.2 Å². The Hall–Kier alpha value is -2.52. The number of amides is 1. The standard InChI is InChI=1S/C18H12ClF3N2O/c19-16-7-13(6-3-11(16)9-23)24-17(25)15-8-14(15)10-1-4-12(5-2-10)18(20,21)22/h1-7,14-15H,8H2,(H,24,25). The van der Waals surface area contributed by atoms with Crippen LogP contribution in [0.15, 0.2) is 42.5 Å². The summed E-state index contributed by atoms with van der Waals surface area (Å²) in [5.41, 5.74) is 0.803. The van der Waals surface area contributed by atoms with E-state index in [4.69, 9.17) is 16.9 Å². The maximum atomic E-state index is 12.6. The molecule has 1 aliphatic rings. The lowest BCUT2D eigenvalue weighted by molar-refractivity contribution is -0.137. The van der Waals surface area contributed by atoms with Gasteiger partial charge < -0.3 is 5.32 Å². The van der Waals surface area contributed by atoms with Crippen LogP contribution in [0.2, 0.25) is 5.02 Å². The Morgan fingerprint density at radius 1 is 1.20 bits per heavy atom. The molecule has 2 unspecified atom stereocenters. The van der Waals surface area contributed by atoms with Crippen molar-refractivity contribution >= 4 is 23.2 Å². The summed E-state index contributed by atoms with van der Waals surface area (Å²) in [6.07, 6.45) is -3.78. The summed E-state index contributed by atoms with van der Waals surface area (Å²) >= 11 is 5.92. The van der Waals surface area contributed by atoms with Gasteiger partial charge in [-0.3, -0.25) is 4.79 Å². The van der Waals surface area contributed by atoms with E-state index in [-0.39, 0.29) is 22.8 Å². The van der Waals surface area contributed by atoms with E-state index in [0.29, 0.717) is 23.2 Å². The van der Waals surface area contributed by atoms with Gasteiger partial charge in [0.1, 0.15) is 6.07 Å². The molecule has 7 heteroatoms. The SMILES string of the molecule is N#Cc1ccc(NC(=O)C2CC2c2ccc(C(F)(F)F)cc2)cc1Cl. The molecular formula is C18H12ClF3N2O. The van der Waals surface area contributed by atoms with Crippen molar-refractivity contribution in [1.29, 1.82) is 5.26 Å². The van der Waals surface area contributed by atoms with Crippen LogP contribution in [0.25, 0.3) is 0 Å². The number of nitriles is 1. The first-order valence-corrected chi connectivity index (χ1v) is 7.85. The molecule has 1 N–H and O–H groups in total. The van der Waals surface area contributed by atoms with Gasteiger partial charge in [-0.2, -0.15) is 18.4 Å². The predicted molar refractivity (Wildman–Crippen MR) is 87.1 cm³/mol. The van der Waals surface area contributed by atoms with Crippen molar-refractivity contribution in [2.75, 3.05) is 5.32 Å². The number of nitrogens with zero attached hydrogens (tertiary/aromatic N) is 1. The second-order valence-electron chi connectivity index (χ2n) is 5.86. The minimum atomic E-state index is -4.37. The van der Waals surface area contributed by atoms with Crippen molar-refractivity contribution in [3.63, 3.8) is 0 Å². The summed E-state index contributed by atoms with van der Waals surface area (Å²) in [6.45, 7) is 0. The smallest absolute Gasteiger partial charge is 0.326 e. The average molecular weight is 365 g/mol. The molecule has 1 fully saturated rings. The second-order valence-corrected chi connectivity index (χ2v) is 6.27. The maximum absolute atomic E-state index is 12.6. The van der Waals surface area contributed by atoms with Crippen LogP contribution in [-0.2, 0) is 11.0 Å². The molecule has 0 aromatic heterocycles. The molecule has 0 spiro atoms. The highest BCUT2D eigenvalue weighted by molar-refractivity contribution is 6.32. The van der Waals surface area contributed by atoms with Crippen LogP contribution < -0.4 is 5.32 Å². The van der Waals surface area contributed by atoms with Gasteiger partial charge in [0.15, 0.2) is 0 Å². The van der Waals surface area contributed by atoms with E-state index in [1.54, 1.807) is 6.07 Å². The number of nitrogens with one attached hydrogen (secondary N) is 1. The van der Waals surface area contributed by atoms with E-state index < -0.39 is 11.7 Å². The number of carbonyl (C=O) groups is 1. The Bertz CT molecular complexity index is 856. The first kappa shape index (κ1) is 17.3. The molecule has 1 saturated carbocycles. The highest BCUT2D eigenvalue weighted by Gasteiger charge is 2.44. The monoisotopic (exact) mass is 364 g/mol. The van der Waals surface area contributed by atoms with Gasteiger partial charge in [-0.1, -0.05) is 23.7 Å². The number of alkyl halides is 3. The zero-order chi connectivity index (χ0) is 18.2. The number of carbonyl (C=O) groups excluding carboxylic acids is 1. The predicted octanol–water partition coefficient (Wildman–Crippen LogP) is 4.97. The quantitative estimate of drug-likeness (QED) is 0.835. The Morgan fingerprint density at radius 2 is 1.88 bits per heavy atom. The van der Waals surface area contributed by atoms with Gasteiger partial charge >= 0.3 is 6.18 Å². The Labute approximate surface area is 147 Å². The molecule has 0 radical (unpaired) electrons. The molecule has 0 aliphatic heterocycles. The third kappa shape index (κ3) is 3.77. The van der Waals surface area contributed by atoms with Crippen LogP contribution >= 0.6 is 11.6 Å². The van der Waals surface area contributed by atoms with Crippen LogP contribution in [0, 0.1) is 17.2 Å². The number of halogens is 4. The zero-order valence-electron chi connectivity index (χ0n) is 12.8. The van der Waals surface area contributed by atoms with Crippen LogP contribution in [0.3, 0.4) is 0 Å². The largest absolute Gasteiger partial charge is 0.416 e. The van der Waals surface area contributed by atoms with Gasteiger partial charge in [-0.15, -0.1) is 0 Å². The van der Waals surface area contributed by atoms with Gasteiger partial charge in [0.2, 0.25) is 5.91 Å². The lowest BCUT2D eigenvalue weighted by Gasteiger charge is -2.08. The van der Waals surface area contributed by atoms with Crippen LogP contribution in [0.5, 0.6) is 0 Å². The van der Waals surface area contributed by atoms with Crippen molar-refractivity contribution in [2.24, 2.45) is 5.92 Å². The van der Waals surface area contributed by atoms with Gasteiger partial charge in [0.25, 0.3) is 0 Å². The third-order valence-electron chi connectivity index (χ3n) is 4.15. The second kappa shape index (κ2) is 6.41. The molecule has 25 heavy (non-hydrogen) atoms. The molecule has 0 saturated heterocycles. The van der Waals surface area contributed by atoms with Gasteiger partial charge in [0.05, 0.1) is 16.1 Å². The molecule has 0 bridgehead atoms. The van der Waals surface area contributed by atoms with E-state index in [9.17, 15) is 18.0 Å². The molecule has 2 atom stereocenters. The van der Waals surface area contributed by atoms with Crippen molar-refractivity contribution in [3.8, 4) is 6.07 Å². The molecular weight excluding hydrogens is 353 g/mol. The minimum Gasteiger partial charge on any atom is -0.326 e. The van der Waals surface area contributed by atoms with Gasteiger partial charge in [-0.25, -0.2) is 0 Å². The molecule has 0 heterocycles. The van der Waals surface area contributed by atoms with Crippen molar-refractivity contribution < 1.29 is 18.0 Å².